The summed E-state index contributed by atoms with van der Waals surface area (Å²) in [7, 11) is -0.651. The maximum absolute atomic E-state index is 12.3. The Bertz CT molecular complexity index is 1070. The van der Waals surface area contributed by atoms with E-state index in [0.29, 0.717) is 16.2 Å². The Hall–Kier alpha value is -2.48. The molecule has 1 saturated heterocycles. The van der Waals surface area contributed by atoms with Crippen LogP contribution in [0, 0.1) is 0 Å². The molecular weight excluding hydrogens is 459 g/mol. The van der Waals surface area contributed by atoms with E-state index in [1.807, 2.05) is 70.2 Å². The van der Waals surface area contributed by atoms with Crippen molar-refractivity contribution >= 4 is 54.0 Å². The molecule has 2 aromatic rings. The van der Waals surface area contributed by atoms with Crippen molar-refractivity contribution in [1.29, 1.82) is 0 Å². The number of nitrogens with one attached hydrogen (secondary N) is 1. The summed E-state index contributed by atoms with van der Waals surface area (Å²) in [6.45, 7) is 8.24. The first-order valence-corrected chi connectivity index (χ1v) is 11.3. The van der Waals surface area contributed by atoms with Gasteiger partial charge in [0.1, 0.15) is 6.61 Å². The standard InChI is InChI=1S/C24H26BClN2O4S/c1-23(2)24(3,4)32-25(31-23)19(12-18-10-11-21(28-16-33)20(26)13-18)14-27-22(29)30-15-17-8-6-5-7-9-17/h5-13H,14-15H2,1-4H3,(H,27,29). The van der Waals surface area contributed by atoms with E-state index in [1.54, 1.807) is 12.1 Å². The van der Waals surface area contributed by atoms with Gasteiger partial charge in [0.15, 0.2) is 0 Å². The van der Waals surface area contributed by atoms with E-state index in [-0.39, 0.29) is 13.2 Å². The van der Waals surface area contributed by atoms with Crippen molar-refractivity contribution in [3.05, 3.63) is 70.2 Å². The second kappa shape index (κ2) is 10.6. The summed E-state index contributed by atoms with van der Waals surface area (Å²) in [4.78, 5) is 16.3. The van der Waals surface area contributed by atoms with Gasteiger partial charge in [-0.2, -0.15) is 4.99 Å². The molecule has 0 bridgehead atoms. The lowest BCUT2D eigenvalue weighted by Gasteiger charge is -2.32. The van der Waals surface area contributed by atoms with Crippen molar-refractivity contribution in [2.75, 3.05) is 6.54 Å². The molecule has 0 aromatic heterocycles. The van der Waals surface area contributed by atoms with Gasteiger partial charge in [-0.25, -0.2) is 4.79 Å². The van der Waals surface area contributed by atoms with E-state index in [2.05, 4.69) is 27.7 Å². The normalized spacial score (nSPS) is 16.8. The van der Waals surface area contributed by atoms with Gasteiger partial charge in [-0.3, -0.25) is 0 Å². The van der Waals surface area contributed by atoms with Crippen LogP contribution in [0.2, 0.25) is 5.02 Å². The van der Waals surface area contributed by atoms with E-state index in [1.165, 1.54) is 0 Å². The third kappa shape index (κ3) is 6.53. The summed E-state index contributed by atoms with van der Waals surface area (Å²) >= 11 is 11.0. The minimum atomic E-state index is -0.651. The van der Waals surface area contributed by atoms with Crippen molar-refractivity contribution in [2.24, 2.45) is 4.99 Å². The lowest BCUT2D eigenvalue weighted by molar-refractivity contribution is 0.00578. The van der Waals surface area contributed by atoms with E-state index in [9.17, 15) is 4.79 Å². The number of isothiocyanates is 1. The summed E-state index contributed by atoms with van der Waals surface area (Å²) in [5.74, 6) is 0. The van der Waals surface area contributed by atoms with Gasteiger partial charge in [-0.15, -0.1) is 0 Å². The minimum absolute atomic E-state index is 0.169. The molecule has 1 amide bonds. The largest absolute Gasteiger partial charge is 0.492 e. The molecule has 0 aliphatic carbocycles. The maximum atomic E-state index is 12.3. The fourth-order valence-corrected chi connectivity index (χ4v) is 3.44. The first-order valence-electron chi connectivity index (χ1n) is 10.5. The van der Waals surface area contributed by atoms with Crippen LogP contribution < -0.4 is 5.32 Å². The number of carbonyl (C=O) groups excluding carboxylic acids is 1. The highest BCUT2D eigenvalue weighted by Gasteiger charge is 2.52. The summed E-state index contributed by atoms with van der Waals surface area (Å²) < 4.78 is 17.7. The van der Waals surface area contributed by atoms with Crippen molar-refractivity contribution in [1.82, 2.24) is 5.32 Å². The topological polar surface area (TPSA) is 69.2 Å². The van der Waals surface area contributed by atoms with Crippen LogP contribution in [-0.4, -0.2) is 36.1 Å². The lowest BCUT2D eigenvalue weighted by Crippen LogP contribution is -2.41. The molecule has 0 atom stereocenters. The van der Waals surface area contributed by atoms with Crippen molar-refractivity contribution in [3.63, 3.8) is 0 Å². The van der Waals surface area contributed by atoms with Crippen LogP contribution in [0.5, 0.6) is 0 Å². The van der Waals surface area contributed by atoms with Crippen LogP contribution in [-0.2, 0) is 20.7 Å². The monoisotopic (exact) mass is 484 g/mol. The number of alkyl carbamates (subject to hydrolysis) is 1. The predicted molar refractivity (Wildman–Crippen MR) is 135 cm³/mol. The molecule has 1 aliphatic heterocycles. The van der Waals surface area contributed by atoms with Gasteiger partial charge in [0.2, 0.25) is 0 Å². The van der Waals surface area contributed by atoms with Crippen LogP contribution in [0.3, 0.4) is 0 Å². The molecular formula is C24H26BClN2O4S. The van der Waals surface area contributed by atoms with E-state index < -0.39 is 24.4 Å². The Morgan fingerprint density at radius 1 is 1.18 bits per heavy atom. The Labute approximate surface area is 205 Å². The summed E-state index contributed by atoms with van der Waals surface area (Å²) in [6, 6.07) is 14.8. The number of hydrogen-bond acceptors (Lipinski definition) is 6. The first-order chi connectivity index (χ1) is 15.6. The highest BCUT2D eigenvalue weighted by molar-refractivity contribution is 7.78. The lowest BCUT2D eigenvalue weighted by atomic mass is 9.77. The molecule has 0 radical (unpaired) electrons. The molecule has 172 valence electrons. The average Bonchev–Trinajstić information content (AvgIpc) is 2.99. The third-order valence-electron chi connectivity index (χ3n) is 5.70. The number of nitrogens with zero attached hydrogens (tertiary/aromatic N) is 1. The van der Waals surface area contributed by atoms with Gasteiger partial charge in [-0.1, -0.05) is 54.1 Å². The van der Waals surface area contributed by atoms with Gasteiger partial charge in [0.25, 0.3) is 0 Å². The van der Waals surface area contributed by atoms with E-state index in [4.69, 9.17) is 25.6 Å². The van der Waals surface area contributed by atoms with Gasteiger partial charge in [-0.05, 0) is 68.6 Å². The Balaban J connectivity index is 1.77. The van der Waals surface area contributed by atoms with Crippen LogP contribution in [0.25, 0.3) is 6.08 Å². The Morgan fingerprint density at radius 2 is 1.85 bits per heavy atom. The fourth-order valence-electron chi connectivity index (χ4n) is 3.11. The third-order valence-corrected chi connectivity index (χ3v) is 6.09. The summed E-state index contributed by atoms with van der Waals surface area (Å²) in [5.41, 5.74) is 1.90. The number of carbonyl (C=O) groups is 1. The van der Waals surface area contributed by atoms with E-state index >= 15 is 0 Å². The van der Waals surface area contributed by atoms with Gasteiger partial charge >= 0.3 is 13.2 Å². The van der Waals surface area contributed by atoms with Crippen molar-refractivity contribution < 1.29 is 18.8 Å². The zero-order valence-corrected chi connectivity index (χ0v) is 20.6. The summed E-state index contributed by atoms with van der Waals surface area (Å²) in [6.07, 6.45) is 1.33. The molecule has 6 nitrogen and oxygen atoms in total. The number of hydrogen-bond donors (Lipinski definition) is 1. The smallest absolute Gasteiger partial charge is 0.445 e. The number of rotatable bonds is 7. The number of amides is 1. The molecule has 2 aromatic carbocycles. The number of thiocarbonyl (C=S) groups is 1. The molecule has 0 saturated carbocycles. The Morgan fingerprint density at radius 3 is 2.45 bits per heavy atom. The number of ether oxygens (including phenoxy) is 1. The SMILES string of the molecule is CC1(C)OB(C(=Cc2ccc(N=C=S)c(Cl)c2)CNC(=O)OCc2ccccc2)OC1(C)C. The predicted octanol–water partition coefficient (Wildman–Crippen LogP) is 6.02. The van der Waals surface area contributed by atoms with Crippen LogP contribution >= 0.6 is 23.8 Å². The van der Waals surface area contributed by atoms with E-state index in [0.717, 1.165) is 11.1 Å². The molecule has 0 spiro atoms. The summed E-state index contributed by atoms with van der Waals surface area (Å²) in [5, 5.41) is 5.53. The number of halogens is 1. The highest BCUT2D eigenvalue weighted by atomic mass is 35.5. The second-order valence-electron chi connectivity index (χ2n) is 8.64. The molecule has 33 heavy (non-hydrogen) atoms. The average molecular weight is 485 g/mol. The number of benzene rings is 2. The fraction of sp³-hybridized carbons (Fsp3) is 0.333. The molecule has 1 N–H and O–H groups in total. The van der Waals surface area contributed by atoms with Gasteiger partial charge < -0.3 is 19.4 Å². The molecule has 9 heteroatoms. The van der Waals surface area contributed by atoms with Crippen molar-refractivity contribution in [3.8, 4) is 0 Å². The highest BCUT2D eigenvalue weighted by Crippen LogP contribution is 2.39. The van der Waals surface area contributed by atoms with Crippen LogP contribution in [0.4, 0.5) is 10.5 Å². The first kappa shape index (κ1) is 25.2. The van der Waals surface area contributed by atoms with Gasteiger partial charge in [0, 0.05) is 6.54 Å². The van der Waals surface area contributed by atoms with Crippen molar-refractivity contribution in [2.45, 2.75) is 45.5 Å². The second-order valence-corrected chi connectivity index (χ2v) is 9.23. The molecule has 1 aliphatic rings. The van der Waals surface area contributed by atoms with Crippen LogP contribution in [0.15, 0.2) is 59.0 Å². The zero-order valence-electron chi connectivity index (χ0n) is 19.1. The molecule has 1 heterocycles. The quantitative estimate of drug-likeness (QED) is 0.296. The maximum Gasteiger partial charge on any atom is 0.492 e. The zero-order chi connectivity index (χ0) is 24.1. The number of aliphatic imine (C=N–C) groups is 1. The minimum Gasteiger partial charge on any atom is -0.445 e. The van der Waals surface area contributed by atoms with Gasteiger partial charge in [0.05, 0.1) is 27.1 Å². The molecule has 3 rings (SSSR count). The molecule has 0 unspecified atom stereocenters. The van der Waals surface area contributed by atoms with Crippen LogP contribution in [0.1, 0.15) is 38.8 Å². The Kier molecular flexibility index (Phi) is 8.11. The molecule has 1 fully saturated rings.